The first-order valence-corrected chi connectivity index (χ1v) is 7.72. The number of rotatable bonds is 3. The Morgan fingerprint density at radius 3 is 2.62 bits per heavy atom. The number of pyridine rings is 1. The molecule has 1 N–H and O–H groups in total. The summed E-state index contributed by atoms with van der Waals surface area (Å²) in [5, 5.41) is 11.7. The minimum Gasteiger partial charge on any atom is -0.478 e. The number of carboxylic acids is 1. The molecule has 0 aliphatic carbocycles. The first-order chi connectivity index (χ1) is 10.1. The number of nitrogens with zero attached hydrogens (tertiary/aromatic N) is 2. The van der Waals surface area contributed by atoms with Crippen LogP contribution in [0.3, 0.4) is 0 Å². The van der Waals surface area contributed by atoms with Gasteiger partial charge in [-0.3, -0.25) is 4.98 Å². The Morgan fingerprint density at radius 1 is 1.19 bits per heavy atom. The Bertz CT molecular complexity index is 799. The van der Waals surface area contributed by atoms with Gasteiger partial charge in [0.15, 0.2) is 0 Å². The quantitative estimate of drug-likeness (QED) is 0.754. The maximum absolute atomic E-state index is 10.8. The first-order valence-electron chi connectivity index (χ1n) is 6.05. The fourth-order valence-electron chi connectivity index (χ4n) is 1.84. The van der Waals surface area contributed by atoms with Crippen molar-refractivity contribution in [2.45, 2.75) is 0 Å². The summed E-state index contributed by atoms with van der Waals surface area (Å²) >= 11 is 4.97. The third-order valence-corrected chi connectivity index (χ3v) is 4.38. The Balaban J connectivity index is 1.95. The molecule has 0 aliphatic rings. The largest absolute Gasteiger partial charge is 0.478 e. The Hall–Kier alpha value is -2.05. The van der Waals surface area contributed by atoms with E-state index in [0.29, 0.717) is 0 Å². The summed E-state index contributed by atoms with van der Waals surface area (Å²) in [4.78, 5) is 19.7. The van der Waals surface area contributed by atoms with Crippen molar-refractivity contribution in [3.05, 3.63) is 58.0 Å². The van der Waals surface area contributed by atoms with Crippen molar-refractivity contribution in [2.24, 2.45) is 0 Å². The van der Waals surface area contributed by atoms with Gasteiger partial charge in [-0.1, -0.05) is 12.1 Å². The molecule has 0 spiro atoms. The highest BCUT2D eigenvalue weighted by atomic mass is 79.9. The summed E-state index contributed by atoms with van der Waals surface area (Å²) in [7, 11) is 0. The van der Waals surface area contributed by atoms with Gasteiger partial charge in [0.2, 0.25) is 0 Å². The predicted molar refractivity (Wildman–Crippen MR) is 85.4 cm³/mol. The highest BCUT2D eigenvalue weighted by Crippen LogP contribution is 2.31. The van der Waals surface area contributed by atoms with Crippen LogP contribution >= 0.6 is 27.3 Å². The number of thiazole rings is 1. The molecule has 0 unspecified atom stereocenters. The lowest BCUT2D eigenvalue weighted by molar-refractivity contribution is 0.0697. The summed E-state index contributed by atoms with van der Waals surface area (Å²) in [5.74, 6) is -0.932. The van der Waals surface area contributed by atoms with Crippen molar-refractivity contribution in [1.29, 1.82) is 0 Å². The van der Waals surface area contributed by atoms with Gasteiger partial charge in [-0.15, -0.1) is 11.3 Å². The summed E-state index contributed by atoms with van der Waals surface area (Å²) in [6, 6.07) is 10.4. The summed E-state index contributed by atoms with van der Waals surface area (Å²) < 4.78 is 0.895. The van der Waals surface area contributed by atoms with Crippen molar-refractivity contribution >= 4 is 33.2 Å². The van der Waals surface area contributed by atoms with Crippen LogP contribution in [0, 0.1) is 0 Å². The topological polar surface area (TPSA) is 63.1 Å². The molecule has 3 aromatic rings. The van der Waals surface area contributed by atoms with Gasteiger partial charge < -0.3 is 5.11 Å². The average molecular weight is 361 g/mol. The molecule has 0 saturated carbocycles. The molecule has 0 atom stereocenters. The smallest absolute Gasteiger partial charge is 0.335 e. The van der Waals surface area contributed by atoms with E-state index in [9.17, 15) is 4.79 Å². The number of benzene rings is 1. The lowest BCUT2D eigenvalue weighted by atomic mass is 10.1. The van der Waals surface area contributed by atoms with E-state index in [4.69, 9.17) is 5.11 Å². The SMILES string of the molecule is O=C(O)c1ccc(-c2csc(-c3ncccc3Br)n2)cc1. The molecule has 0 radical (unpaired) electrons. The van der Waals surface area contributed by atoms with E-state index in [1.165, 1.54) is 11.3 Å². The van der Waals surface area contributed by atoms with Gasteiger partial charge >= 0.3 is 5.97 Å². The van der Waals surface area contributed by atoms with Crippen LogP contribution in [0.2, 0.25) is 0 Å². The van der Waals surface area contributed by atoms with E-state index in [2.05, 4.69) is 25.9 Å². The van der Waals surface area contributed by atoms with Crippen LogP contribution in [0.15, 0.2) is 52.4 Å². The molecule has 0 fully saturated rings. The average Bonchev–Trinajstić information content (AvgIpc) is 2.97. The van der Waals surface area contributed by atoms with Crippen LogP contribution in [0.5, 0.6) is 0 Å². The zero-order valence-corrected chi connectivity index (χ0v) is 13.1. The van der Waals surface area contributed by atoms with Crippen molar-refractivity contribution in [3.63, 3.8) is 0 Å². The fourth-order valence-corrected chi connectivity index (χ4v) is 3.25. The molecule has 0 bridgehead atoms. The second kappa shape index (κ2) is 5.75. The van der Waals surface area contributed by atoms with Gasteiger partial charge in [-0.05, 0) is 40.2 Å². The molecule has 2 aromatic heterocycles. The third-order valence-electron chi connectivity index (χ3n) is 2.89. The van der Waals surface area contributed by atoms with Gasteiger partial charge in [0.05, 0.1) is 11.3 Å². The summed E-state index contributed by atoms with van der Waals surface area (Å²) in [5.41, 5.74) is 2.76. The molecular weight excluding hydrogens is 352 g/mol. The monoisotopic (exact) mass is 360 g/mol. The molecule has 6 heteroatoms. The number of carboxylic acid groups (broad SMARTS) is 1. The number of hydrogen-bond acceptors (Lipinski definition) is 4. The molecular formula is C15H9BrN2O2S. The van der Waals surface area contributed by atoms with Crippen LogP contribution in [0.1, 0.15) is 10.4 Å². The van der Waals surface area contributed by atoms with E-state index in [-0.39, 0.29) is 5.56 Å². The number of aromatic nitrogens is 2. The number of carbonyl (C=O) groups is 1. The third kappa shape index (κ3) is 2.86. The normalized spacial score (nSPS) is 10.5. The maximum Gasteiger partial charge on any atom is 0.335 e. The molecule has 0 aliphatic heterocycles. The summed E-state index contributed by atoms with van der Waals surface area (Å²) in [6.07, 6.45) is 1.73. The highest BCUT2D eigenvalue weighted by molar-refractivity contribution is 9.10. The van der Waals surface area contributed by atoms with Crippen molar-refractivity contribution < 1.29 is 9.90 Å². The molecule has 104 valence electrons. The molecule has 3 rings (SSSR count). The van der Waals surface area contributed by atoms with Gasteiger partial charge in [0, 0.05) is 21.6 Å². The van der Waals surface area contributed by atoms with Crippen LogP contribution in [0.25, 0.3) is 22.0 Å². The van der Waals surface area contributed by atoms with E-state index in [1.54, 1.807) is 30.5 Å². The van der Waals surface area contributed by atoms with E-state index >= 15 is 0 Å². The Kier molecular flexibility index (Phi) is 3.81. The lowest BCUT2D eigenvalue weighted by Gasteiger charge is -1.99. The molecule has 21 heavy (non-hydrogen) atoms. The van der Waals surface area contributed by atoms with E-state index in [0.717, 1.165) is 26.4 Å². The van der Waals surface area contributed by atoms with Gasteiger partial charge in [0.1, 0.15) is 10.7 Å². The van der Waals surface area contributed by atoms with Crippen molar-refractivity contribution in [1.82, 2.24) is 9.97 Å². The second-order valence-corrected chi connectivity index (χ2v) is 5.97. The van der Waals surface area contributed by atoms with E-state index < -0.39 is 5.97 Å². The first kappa shape index (κ1) is 13.9. The van der Waals surface area contributed by atoms with E-state index in [1.807, 2.05) is 17.5 Å². The van der Waals surface area contributed by atoms with Crippen molar-refractivity contribution in [2.75, 3.05) is 0 Å². The summed E-state index contributed by atoms with van der Waals surface area (Å²) in [6.45, 7) is 0. The predicted octanol–water partition coefficient (Wildman–Crippen LogP) is 4.33. The molecule has 2 heterocycles. The molecule has 0 amide bonds. The minimum absolute atomic E-state index is 0.265. The zero-order valence-electron chi connectivity index (χ0n) is 10.7. The van der Waals surface area contributed by atoms with Crippen LogP contribution in [-0.2, 0) is 0 Å². The minimum atomic E-state index is -0.932. The fraction of sp³-hybridized carbons (Fsp3) is 0. The number of hydrogen-bond donors (Lipinski definition) is 1. The number of aromatic carboxylic acids is 1. The zero-order chi connectivity index (χ0) is 14.8. The second-order valence-electron chi connectivity index (χ2n) is 4.25. The van der Waals surface area contributed by atoms with Crippen LogP contribution < -0.4 is 0 Å². The molecule has 0 saturated heterocycles. The van der Waals surface area contributed by atoms with Crippen LogP contribution in [-0.4, -0.2) is 21.0 Å². The van der Waals surface area contributed by atoms with Crippen molar-refractivity contribution in [3.8, 4) is 22.0 Å². The van der Waals surface area contributed by atoms with Crippen LogP contribution in [0.4, 0.5) is 0 Å². The van der Waals surface area contributed by atoms with Gasteiger partial charge in [-0.25, -0.2) is 9.78 Å². The van der Waals surface area contributed by atoms with Gasteiger partial charge in [-0.2, -0.15) is 0 Å². The lowest BCUT2D eigenvalue weighted by Crippen LogP contribution is -1.94. The Labute approximate surface area is 133 Å². The Morgan fingerprint density at radius 2 is 1.95 bits per heavy atom. The number of halogens is 1. The molecule has 1 aromatic carbocycles. The standard InChI is InChI=1S/C15H9BrN2O2S/c16-11-2-1-7-17-13(11)14-18-12(8-21-14)9-3-5-10(6-4-9)15(19)20/h1-8H,(H,19,20). The maximum atomic E-state index is 10.8. The van der Waals surface area contributed by atoms with Gasteiger partial charge in [0.25, 0.3) is 0 Å². The highest BCUT2D eigenvalue weighted by Gasteiger charge is 2.11. The molecule has 4 nitrogen and oxygen atoms in total.